The van der Waals surface area contributed by atoms with Gasteiger partial charge >= 0.3 is 0 Å². The molecule has 154 valence electrons. The van der Waals surface area contributed by atoms with Crippen LogP contribution in [0, 0.1) is 24.5 Å². The lowest BCUT2D eigenvalue weighted by Crippen LogP contribution is -2.49. The van der Waals surface area contributed by atoms with Crippen molar-refractivity contribution in [1.29, 1.82) is 0 Å². The van der Waals surface area contributed by atoms with E-state index in [1.165, 1.54) is 4.90 Å². The molecule has 2 heterocycles. The summed E-state index contributed by atoms with van der Waals surface area (Å²) < 4.78 is 33.1. The van der Waals surface area contributed by atoms with Gasteiger partial charge in [0.1, 0.15) is 17.3 Å². The molecule has 2 fully saturated rings. The Kier molecular flexibility index (Phi) is 5.16. The third-order valence-electron chi connectivity index (χ3n) is 5.52. The number of hydrogen-bond donors (Lipinski definition) is 1. The van der Waals surface area contributed by atoms with Gasteiger partial charge in [-0.25, -0.2) is 13.4 Å². The Morgan fingerprint density at radius 1 is 1.10 bits per heavy atom. The van der Waals surface area contributed by atoms with Gasteiger partial charge in [0.05, 0.1) is 11.3 Å². The second kappa shape index (κ2) is 7.76. The van der Waals surface area contributed by atoms with Crippen molar-refractivity contribution < 1.29 is 23.0 Å². The molecule has 0 bridgehead atoms. The monoisotopic (exact) mass is 405 g/mol. The van der Waals surface area contributed by atoms with E-state index in [1.807, 2.05) is 4.90 Å². The van der Waals surface area contributed by atoms with E-state index in [4.69, 9.17) is 4.63 Å². The van der Waals surface area contributed by atoms with Crippen LogP contribution >= 0.6 is 0 Å². The van der Waals surface area contributed by atoms with Crippen LogP contribution in [0.2, 0.25) is 0 Å². The van der Waals surface area contributed by atoms with E-state index in [1.54, 1.807) is 6.92 Å². The first-order valence-corrected chi connectivity index (χ1v) is 9.57. The second-order valence-electron chi connectivity index (χ2n) is 7.38. The Morgan fingerprint density at radius 3 is 2.41 bits per heavy atom. The zero-order valence-corrected chi connectivity index (χ0v) is 16.0. The molecule has 1 aliphatic carbocycles. The number of benzene rings is 1. The standard InChI is InChI=1S/C19H21F2N5O3/c1-11-17(24-29-23-11)25-5-7-26(8-6-25)19(28)13-9-16(15(21)10-14(13)20)22-18(27)12-3-2-4-12/h9-10,12H,2-8H2,1H3,(H,22,27). The topological polar surface area (TPSA) is 91.6 Å². The van der Waals surface area contributed by atoms with Gasteiger partial charge in [-0.3, -0.25) is 9.59 Å². The van der Waals surface area contributed by atoms with E-state index in [0.29, 0.717) is 43.8 Å². The zero-order valence-electron chi connectivity index (χ0n) is 16.0. The summed E-state index contributed by atoms with van der Waals surface area (Å²) in [5.74, 6) is -2.23. The summed E-state index contributed by atoms with van der Waals surface area (Å²) in [6, 6.07) is 1.73. The number of carbonyl (C=O) groups is 2. The highest BCUT2D eigenvalue weighted by molar-refractivity contribution is 5.98. The SMILES string of the molecule is Cc1nonc1N1CCN(C(=O)c2cc(NC(=O)C3CCC3)c(F)cc2F)CC1. The van der Waals surface area contributed by atoms with Crippen LogP contribution < -0.4 is 10.2 Å². The second-order valence-corrected chi connectivity index (χ2v) is 7.38. The Morgan fingerprint density at radius 2 is 1.83 bits per heavy atom. The molecular formula is C19H21F2N5O3. The number of anilines is 2. The number of nitrogens with one attached hydrogen (secondary N) is 1. The van der Waals surface area contributed by atoms with E-state index in [0.717, 1.165) is 25.3 Å². The van der Waals surface area contributed by atoms with Crippen molar-refractivity contribution in [3.63, 3.8) is 0 Å². The Hall–Kier alpha value is -3.04. The molecule has 0 atom stereocenters. The Bertz CT molecular complexity index is 936. The molecular weight excluding hydrogens is 384 g/mol. The van der Waals surface area contributed by atoms with E-state index < -0.39 is 17.5 Å². The number of carbonyl (C=O) groups excluding carboxylic acids is 2. The summed E-state index contributed by atoms with van der Waals surface area (Å²) in [7, 11) is 0. The minimum atomic E-state index is -0.951. The summed E-state index contributed by atoms with van der Waals surface area (Å²) in [5, 5.41) is 10.1. The van der Waals surface area contributed by atoms with Crippen LogP contribution in [0.4, 0.5) is 20.3 Å². The van der Waals surface area contributed by atoms with Gasteiger partial charge in [0, 0.05) is 38.2 Å². The van der Waals surface area contributed by atoms with Crippen molar-refractivity contribution in [1.82, 2.24) is 15.2 Å². The first-order chi connectivity index (χ1) is 13.9. The maximum Gasteiger partial charge on any atom is 0.257 e. The van der Waals surface area contributed by atoms with Crippen LogP contribution in [0.15, 0.2) is 16.8 Å². The molecule has 8 nitrogen and oxygen atoms in total. The Balaban J connectivity index is 1.46. The minimum absolute atomic E-state index is 0.152. The molecule has 1 saturated carbocycles. The van der Waals surface area contributed by atoms with Crippen molar-refractivity contribution in [2.75, 3.05) is 36.4 Å². The van der Waals surface area contributed by atoms with Crippen molar-refractivity contribution in [2.45, 2.75) is 26.2 Å². The number of amides is 2. The van der Waals surface area contributed by atoms with E-state index in [9.17, 15) is 18.4 Å². The predicted molar refractivity (Wildman–Crippen MR) is 99.5 cm³/mol. The van der Waals surface area contributed by atoms with E-state index >= 15 is 0 Å². The molecule has 2 amide bonds. The predicted octanol–water partition coefficient (Wildman–Crippen LogP) is 2.36. The van der Waals surface area contributed by atoms with Gasteiger partial charge in [-0.05, 0) is 31.0 Å². The van der Waals surface area contributed by atoms with Gasteiger partial charge in [-0.2, -0.15) is 0 Å². The molecule has 2 aliphatic rings. The maximum atomic E-state index is 14.3. The molecule has 2 aromatic rings. The van der Waals surface area contributed by atoms with Gasteiger partial charge in [0.2, 0.25) is 5.91 Å². The first-order valence-electron chi connectivity index (χ1n) is 9.57. The third-order valence-corrected chi connectivity index (χ3v) is 5.52. The van der Waals surface area contributed by atoms with Crippen LogP contribution in [0.5, 0.6) is 0 Å². The average molecular weight is 405 g/mol. The lowest BCUT2D eigenvalue weighted by molar-refractivity contribution is -0.122. The van der Waals surface area contributed by atoms with Gasteiger partial charge < -0.3 is 15.1 Å². The van der Waals surface area contributed by atoms with Crippen molar-refractivity contribution in [3.8, 4) is 0 Å². The summed E-state index contributed by atoms with van der Waals surface area (Å²) in [6.07, 6.45) is 2.47. The maximum absolute atomic E-state index is 14.3. The molecule has 1 aromatic carbocycles. The van der Waals surface area contributed by atoms with Crippen molar-refractivity contribution in [3.05, 3.63) is 35.0 Å². The number of nitrogens with zero attached hydrogens (tertiary/aromatic N) is 4. The van der Waals surface area contributed by atoms with E-state index in [2.05, 4.69) is 15.6 Å². The van der Waals surface area contributed by atoms with Gasteiger partial charge in [-0.1, -0.05) is 11.6 Å². The highest BCUT2D eigenvalue weighted by Gasteiger charge is 2.29. The highest BCUT2D eigenvalue weighted by Crippen LogP contribution is 2.29. The Labute approximate surface area is 165 Å². The summed E-state index contributed by atoms with van der Waals surface area (Å²) in [4.78, 5) is 28.3. The largest absolute Gasteiger partial charge is 0.349 e. The van der Waals surface area contributed by atoms with Crippen LogP contribution in [-0.2, 0) is 4.79 Å². The van der Waals surface area contributed by atoms with Crippen LogP contribution in [0.25, 0.3) is 0 Å². The summed E-state index contributed by atoms with van der Waals surface area (Å²) in [5.41, 5.74) is 0.221. The van der Waals surface area contributed by atoms with Gasteiger partial charge in [0.15, 0.2) is 5.82 Å². The van der Waals surface area contributed by atoms with Gasteiger partial charge in [0.25, 0.3) is 5.91 Å². The number of aromatic nitrogens is 2. The number of hydrogen-bond acceptors (Lipinski definition) is 6. The molecule has 1 saturated heterocycles. The number of piperazine rings is 1. The molecule has 29 heavy (non-hydrogen) atoms. The number of halogens is 2. The molecule has 1 aliphatic heterocycles. The first kappa shape index (κ1) is 19.3. The van der Waals surface area contributed by atoms with Crippen LogP contribution in [0.1, 0.15) is 35.3 Å². The van der Waals surface area contributed by atoms with Crippen LogP contribution in [0.3, 0.4) is 0 Å². The fourth-order valence-corrected chi connectivity index (χ4v) is 3.52. The third kappa shape index (κ3) is 3.79. The highest BCUT2D eigenvalue weighted by atomic mass is 19.1. The molecule has 1 N–H and O–H groups in total. The molecule has 0 unspecified atom stereocenters. The fourth-order valence-electron chi connectivity index (χ4n) is 3.52. The summed E-state index contributed by atoms with van der Waals surface area (Å²) >= 11 is 0. The molecule has 4 rings (SSSR count). The molecule has 0 spiro atoms. The van der Waals surface area contributed by atoms with Crippen LogP contribution in [-0.4, -0.2) is 53.2 Å². The van der Waals surface area contributed by atoms with Crippen molar-refractivity contribution in [2.24, 2.45) is 5.92 Å². The molecule has 10 heteroatoms. The smallest absolute Gasteiger partial charge is 0.257 e. The fraction of sp³-hybridized carbons (Fsp3) is 0.474. The average Bonchev–Trinajstić information content (AvgIpc) is 3.08. The lowest BCUT2D eigenvalue weighted by atomic mass is 9.85. The zero-order chi connectivity index (χ0) is 20.5. The van der Waals surface area contributed by atoms with Gasteiger partial charge in [-0.15, -0.1) is 0 Å². The molecule has 0 radical (unpaired) electrons. The van der Waals surface area contributed by atoms with E-state index in [-0.39, 0.29) is 23.1 Å². The van der Waals surface area contributed by atoms with Crippen molar-refractivity contribution >= 4 is 23.3 Å². The number of rotatable bonds is 4. The molecule has 1 aromatic heterocycles. The summed E-state index contributed by atoms with van der Waals surface area (Å²) in [6.45, 7) is 3.41. The number of aryl methyl sites for hydroxylation is 1. The lowest BCUT2D eigenvalue weighted by Gasteiger charge is -2.34. The minimum Gasteiger partial charge on any atom is -0.349 e. The normalized spacial score (nSPS) is 17.2. The quantitative estimate of drug-likeness (QED) is 0.840.